The van der Waals surface area contributed by atoms with Crippen LogP contribution in [0, 0.1) is 12.8 Å². The highest BCUT2D eigenvalue weighted by molar-refractivity contribution is 6.02. The van der Waals surface area contributed by atoms with E-state index in [1.54, 1.807) is 18.2 Å². The van der Waals surface area contributed by atoms with Gasteiger partial charge >= 0.3 is 5.97 Å². The van der Waals surface area contributed by atoms with Crippen LogP contribution in [-0.2, 0) is 4.79 Å². The van der Waals surface area contributed by atoms with E-state index in [2.05, 4.69) is 17.6 Å². The van der Waals surface area contributed by atoms with Crippen molar-refractivity contribution in [2.75, 3.05) is 11.9 Å². The van der Waals surface area contributed by atoms with Crippen molar-refractivity contribution in [3.8, 4) is 0 Å². The SMILES string of the molecule is Cc1ccc(NC(=O)C2CC(C)CCN2)c(C(=O)O)c1. The molecule has 0 aromatic heterocycles. The lowest BCUT2D eigenvalue weighted by atomic mass is 9.94. The first-order chi connectivity index (χ1) is 9.47. The summed E-state index contributed by atoms with van der Waals surface area (Å²) in [6.45, 7) is 4.76. The molecule has 1 saturated heterocycles. The predicted octanol–water partition coefficient (Wildman–Crippen LogP) is 2.02. The Morgan fingerprint density at radius 2 is 2.15 bits per heavy atom. The van der Waals surface area contributed by atoms with Gasteiger partial charge in [0, 0.05) is 0 Å². The van der Waals surface area contributed by atoms with Crippen LogP contribution in [0.15, 0.2) is 18.2 Å². The Kier molecular flexibility index (Phi) is 4.39. The maximum Gasteiger partial charge on any atom is 0.337 e. The van der Waals surface area contributed by atoms with Gasteiger partial charge in [-0.2, -0.15) is 0 Å². The number of amides is 1. The standard InChI is InChI=1S/C15H20N2O3/c1-9-3-4-12(11(7-9)15(19)20)17-14(18)13-8-10(2)5-6-16-13/h3-4,7,10,13,16H,5-6,8H2,1-2H3,(H,17,18)(H,19,20). The van der Waals surface area contributed by atoms with Crippen molar-refractivity contribution in [2.24, 2.45) is 5.92 Å². The molecule has 20 heavy (non-hydrogen) atoms. The average molecular weight is 276 g/mol. The molecule has 1 fully saturated rings. The molecule has 0 spiro atoms. The molecule has 0 bridgehead atoms. The first-order valence-electron chi connectivity index (χ1n) is 6.85. The second-order valence-electron chi connectivity index (χ2n) is 5.48. The molecule has 1 aromatic carbocycles. The molecule has 2 unspecified atom stereocenters. The normalized spacial score (nSPS) is 22.3. The summed E-state index contributed by atoms with van der Waals surface area (Å²) in [6, 6.07) is 4.75. The summed E-state index contributed by atoms with van der Waals surface area (Å²) in [7, 11) is 0. The van der Waals surface area contributed by atoms with Crippen LogP contribution in [0.1, 0.15) is 35.7 Å². The van der Waals surface area contributed by atoms with E-state index in [0.29, 0.717) is 11.6 Å². The molecule has 3 N–H and O–H groups in total. The van der Waals surface area contributed by atoms with Crippen LogP contribution in [0.2, 0.25) is 0 Å². The van der Waals surface area contributed by atoms with Gasteiger partial charge < -0.3 is 15.7 Å². The van der Waals surface area contributed by atoms with Crippen LogP contribution in [0.4, 0.5) is 5.69 Å². The maximum atomic E-state index is 12.2. The van der Waals surface area contributed by atoms with Crippen molar-refractivity contribution in [3.63, 3.8) is 0 Å². The van der Waals surface area contributed by atoms with Crippen molar-refractivity contribution in [2.45, 2.75) is 32.7 Å². The zero-order chi connectivity index (χ0) is 14.7. The molecular weight excluding hydrogens is 256 g/mol. The summed E-state index contributed by atoms with van der Waals surface area (Å²) >= 11 is 0. The van der Waals surface area contributed by atoms with E-state index < -0.39 is 5.97 Å². The number of hydrogen-bond acceptors (Lipinski definition) is 3. The molecule has 108 valence electrons. The first kappa shape index (κ1) is 14.5. The molecule has 1 aliphatic heterocycles. The number of carboxylic acid groups (broad SMARTS) is 1. The Hall–Kier alpha value is -1.88. The summed E-state index contributed by atoms with van der Waals surface area (Å²) in [5.74, 6) is -0.694. The van der Waals surface area contributed by atoms with Crippen molar-refractivity contribution < 1.29 is 14.7 Å². The summed E-state index contributed by atoms with van der Waals surface area (Å²) in [6.07, 6.45) is 1.84. The van der Waals surface area contributed by atoms with Gasteiger partial charge in [0.2, 0.25) is 5.91 Å². The van der Waals surface area contributed by atoms with E-state index in [4.69, 9.17) is 0 Å². The highest BCUT2D eigenvalue weighted by Crippen LogP contribution is 2.20. The van der Waals surface area contributed by atoms with E-state index in [9.17, 15) is 14.7 Å². The van der Waals surface area contributed by atoms with Crippen molar-refractivity contribution in [1.29, 1.82) is 0 Å². The topological polar surface area (TPSA) is 78.4 Å². The Bertz CT molecular complexity index is 528. The number of carbonyl (C=O) groups excluding carboxylic acids is 1. The van der Waals surface area contributed by atoms with Crippen molar-refractivity contribution >= 4 is 17.6 Å². The van der Waals surface area contributed by atoms with Gasteiger partial charge in [-0.25, -0.2) is 4.79 Å². The summed E-state index contributed by atoms with van der Waals surface area (Å²) in [5, 5.41) is 15.1. The number of carbonyl (C=O) groups is 2. The second kappa shape index (κ2) is 6.05. The minimum absolute atomic E-state index is 0.127. The fourth-order valence-corrected chi connectivity index (χ4v) is 2.47. The molecule has 1 aliphatic rings. The molecule has 0 saturated carbocycles. The third-order valence-corrected chi connectivity index (χ3v) is 3.65. The number of hydrogen-bond donors (Lipinski definition) is 3. The highest BCUT2D eigenvalue weighted by Gasteiger charge is 2.25. The lowest BCUT2D eigenvalue weighted by molar-refractivity contribution is -0.119. The zero-order valence-corrected chi connectivity index (χ0v) is 11.8. The van der Waals surface area contributed by atoms with Gasteiger partial charge in [0.05, 0.1) is 17.3 Å². The van der Waals surface area contributed by atoms with E-state index in [0.717, 1.165) is 24.9 Å². The summed E-state index contributed by atoms with van der Waals surface area (Å²) in [4.78, 5) is 23.4. The van der Waals surface area contributed by atoms with Gasteiger partial charge in [-0.3, -0.25) is 4.79 Å². The number of piperidine rings is 1. The van der Waals surface area contributed by atoms with E-state index in [-0.39, 0.29) is 17.5 Å². The van der Waals surface area contributed by atoms with Crippen LogP contribution in [0.25, 0.3) is 0 Å². The number of aryl methyl sites for hydroxylation is 1. The van der Waals surface area contributed by atoms with E-state index >= 15 is 0 Å². The lowest BCUT2D eigenvalue weighted by Crippen LogP contribution is -2.45. The Morgan fingerprint density at radius 1 is 1.40 bits per heavy atom. The molecule has 0 radical (unpaired) electrons. The minimum Gasteiger partial charge on any atom is -0.478 e. The zero-order valence-electron chi connectivity index (χ0n) is 11.8. The van der Waals surface area contributed by atoms with Gasteiger partial charge in [-0.15, -0.1) is 0 Å². The van der Waals surface area contributed by atoms with Gasteiger partial charge in [0.25, 0.3) is 0 Å². The summed E-state index contributed by atoms with van der Waals surface area (Å²) < 4.78 is 0. The second-order valence-corrected chi connectivity index (χ2v) is 5.48. The van der Waals surface area contributed by atoms with Crippen LogP contribution >= 0.6 is 0 Å². The van der Waals surface area contributed by atoms with Crippen molar-refractivity contribution in [3.05, 3.63) is 29.3 Å². The monoisotopic (exact) mass is 276 g/mol. The maximum absolute atomic E-state index is 12.2. The Labute approximate surface area is 118 Å². The number of rotatable bonds is 3. The molecular formula is C15H20N2O3. The van der Waals surface area contributed by atoms with Gasteiger partial charge in [0.15, 0.2) is 0 Å². The quantitative estimate of drug-likeness (QED) is 0.789. The van der Waals surface area contributed by atoms with E-state index in [1.807, 2.05) is 6.92 Å². The Morgan fingerprint density at radius 3 is 2.80 bits per heavy atom. The highest BCUT2D eigenvalue weighted by atomic mass is 16.4. The number of benzene rings is 1. The molecule has 5 nitrogen and oxygen atoms in total. The number of aromatic carboxylic acids is 1. The summed E-state index contributed by atoms with van der Waals surface area (Å²) in [5.41, 5.74) is 1.33. The van der Waals surface area contributed by atoms with Gasteiger partial charge in [-0.05, 0) is 44.4 Å². The first-order valence-corrected chi connectivity index (χ1v) is 6.85. The lowest BCUT2D eigenvalue weighted by Gasteiger charge is -2.27. The third-order valence-electron chi connectivity index (χ3n) is 3.65. The Balaban J connectivity index is 2.13. The number of nitrogens with one attached hydrogen (secondary N) is 2. The van der Waals surface area contributed by atoms with Crippen molar-refractivity contribution in [1.82, 2.24) is 5.32 Å². The smallest absolute Gasteiger partial charge is 0.337 e. The fraction of sp³-hybridized carbons (Fsp3) is 0.467. The fourth-order valence-electron chi connectivity index (χ4n) is 2.47. The number of anilines is 1. The molecule has 1 aromatic rings. The largest absolute Gasteiger partial charge is 0.478 e. The van der Waals surface area contributed by atoms with E-state index in [1.165, 1.54) is 0 Å². The molecule has 0 aliphatic carbocycles. The molecule has 2 atom stereocenters. The molecule has 5 heteroatoms. The van der Waals surface area contributed by atoms with Gasteiger partial charge in [-0.1, -0.05) is 18.6 Å². The van der Waals surface area contributed by atoms with Crippen LogP contribution in [0.5, 0.6) is 0 Å². The molecule has 1 amide bonds. The van der Waals surface area contributed by atoms with Crippen LogP contribution in [0.3, 0.4) is 0 Å². The predicted molar refractivity (Wildman–Crippen MR) is 77.0 cm³/mol. The third kappa shape index (κ3) is 3.36. The average Bonchev–Trinajstić information content (AvgIpc) is 2.40. The van der Waals surface area contributed by atoms with Gasteiger partial charge in [0.1, 0.15) is 0 Å². The minimum atomic E-state index is -1.03. The molecule has 2 rings (SSSR count). The number of carboxylic acids is 1. The molecule has 1 heterocycles. The van der Waals surface area contributed by atoms with Crippen LogP contribution < -0.4 is 10.6 Å². The van der Waals surface area contributed by atoms with Crippen LogP contribution in [-0.4, -0.2) is 29.6 Å².